The number of esters is 1. The van der Waals surface area contributed by atoms with Crippen molar-refractivity contribution in [3.63, 3.8) is 0 Å². The first-order valence-electron chi connectivity index (χ1n) is 7.26. The molecule has 2 fully saturated rings. The van der Waals surface area contributed by atoms with Crippen LogP contribution in [0.5, 0.6) is 0 Å². The third kappa shape index (κ3) is 2.16. The predicted molar refractivity (Wildman–Crippen MR) is 76.9 cm³/mol. The van der Waals surface area contributed by atoms with Gasteiger partial charge < -0.3 is 15.0 Å². The van der Waals surface area contributed by atoms with E-state index in [-0.39, 0.29) is 5.97 Å². The second kappa shape index (κ2) is 5.40. The molecule has 3 heterocycles. The second-order valence-corrected chi connectivity index (χ2v) is 5.60. The summed E-state index contributed by atoms with van der Waals surface area (Å²) in [5.41, 5.74) is 0.572. The first-order chi connectivity index (χ1) is 9.74. The number of nitrogens with zero attached hydrogens (tertiary/aromatic N) is 2. The molecule has 2 aliphatic heterocycles. The summed E-state index contributed by atoms with van der Waals surface area (Å²) in [5, 5.41) is 3.48. The number of ether oxygens (including phenoxy) is 1. The van der Waals surface area contributed by atoms with Crippen LogP contribution in [0, 0.1) is 11.8 Å². The number of methoxy groups -OCH3 is 1. The number of carbonyl (C=O) groups excluding carboxylic acids is 1. The van der Waals surface area contributed by atoms with E-state index in [1.807, 2.05) is 6.07 Å². The van der Waals surface area contributed by atoms with E-state index in [1.165, 1.54) is 7.11 Å². The molecule has 0 radical (unpaired) electrons. The minimum Gasteiger partial charge on any atom is -0.465 e. The van der Waals surface area contributed by atoms with Crippen molar-refractivity contribution < 1.29 is 9.53 Å². The average molecular weight is 275 g/mol. The molecule has 2 aliphatic rings. The minimum atomic E-state index is -0.303. The van der Waals surface area contributed by atoms with Crippen LogP contribution in [-0.2, 0) is 4.74 Å². The molecule has 0 aliphatic carbocycles. The van der Waals surface area contributed by atoms with Crippen molar-refractivity contribution in [2.75, 3.05) is 31.6 Å². The number of carbonyl (C=O) groups is 1. The van der Waals surface area contributed by atoms with Crippen LogP contribution in [-0.4, -0.2) is 43.7 Å². The Labute approximate surface area is 119 Å². The Kier molecular flexibility index (Phi) is 3.61. The molecule has 1 aromatic heterocycles. The van der Waals surface area contributed by atoms with Crippen molar-refractivity contribution in [1.82, 2.24) is 10.3 Å². The topological polar surface area (TPSA) is 54.5 Å². The van der Waals surface area contributed by atoms with Gasteiger partial charge in [0, 0.05) is 31.9 Å². The molecular formula is C15H21N3O2. The van der Waals surface area contributed by atoms with E-state index in [1.54, 1.807) is 12.3 Å². The molecule has 20 heavy (non-hydrogen) atoms. The number of fused-ring (bicyclic) bond motifs is 1. The quantitative estimate of drug-likeness (QED) is 0.843. The third-order valence-electron chi connectivity index (χ3n) is 4.60. The van der Waals surface area contributed by atoms with Crippen LogP contribution in [0.15, 0.2) is 18.3 Å². The standard InChI is InChI=1S/C15H21N3O2/c1-3-13-12-8-16-7-11(12)9-18(13)14-6-10(4-5-17-14)15(19)20-2/h4-6,11-13,16H,3,7-9H2,1-2H3. The average Bonchev–Trinajstić information content (AvgIpc) is 3.06. The number of rotatable bonds is 3. The minimum absolute atomic E-state index is 0.303. The Balaban J connectivity index is 1.87. The Bertz CT molecular complexity index is 506. The highest BCUT2D eigenvalue weighted by Crippen LogP contribution is 2.36. The largest absolute Gasteiger partial charge is 0.465 e. The van der Waals surface area contributed by atoms with Crippen LogP contribution < -0.4 is 10.2 Å². The summed E-state index contributed by atoms with van der Waals surface area (Å²) < 4.78 is 4.79. The van der Waals surface area contributed by atoms with E-state index in [2.05, 4.69) is 22.1 Å². The Hall–Kier alpha value is -1.62. The Morgan fingerprint density at radius 1 is 1.55 bits per heavy atom. The van der Waals surface area contributed by atoms with Crippen molar-refractivity contribution in [1.29, 1.82) is 0 Å². The van der Waals surface area contributed by atoms with Gasteiger partial charge in [-0.25, -0.2) is 9.78 Å². The van der Waals surface area contributed by atoms with E-state index in [0.29, 0.717) is 23.4 Å². The van der Waals surface area contributed by atoms with E-state index in [0.717, 1.165) is 31.9 Å². The zero-order valence-electron chi connectivity index (χ0n) is 12.0. The molecule has 5 heteroatoms. The van der Waals surface area contributed by atoms with Crippen molar-refractivity contribution in [2.45, 2.75) is 19.4 Å². The molecule has 2 saturated heterocycles. The van der Waals surface area contributed by atoms with Gasteiger partial charge in [-0.15, -0.1) is 0 Å². The van der Waals surface area contributed by atoms with Crippen LogP contribution >= 0.6 is 0 Å². The van der Waals surface area contributed by atoms with Gasteiger partial charge in [0.1, 0.15) is 5.82 Å². The fraction of sp³-hybridized carbons (Fsp3) is 0.600. The lowest BCUT2D eigenvalue weighted by Crippen LogP contribution is -2.35. The maximum absolute atomic E-state index is 11.6. The number of aromatic nitrogens is 1. The summed E-state index contributed by atoms with van der Waals surface area (Å²) in [7, 11) is 1.41. The molecule has 0 amide bonds. The van der Waals surface area contributed by atoms with Crippen LogP contribution in [0.4, 0.5) is 5.82 Å². The molecule has 5 nitrogen and oxygen atoms in total. The van der Waals surface area contributed by atoms with Crippen molar-refractivity contribution in [3.05, 3.63) is 23.9 Å². The fourth-order valence-corrected chi connectivity index (χ4v) is 3.63. The van der Waals surface area contributed by atoms with Crippen LogP contribution in [0.25, 0.3) is 0 Å². The fourth-order valence-electron chi connectivity index (χ4n) is 3.63. The van der Waals surface area contributed by atoms with E-state index < -0.39 is 0 Å². The van der Waals surface area contributed by atoms with Gasteiger partial charge in [0.15, 0.2) is 0 Å². The lowest BCUT2D eigenvalue weighted by molar-refractivity contribution is 0.0600. The molecule has 0 bridgehead atoms. The highest BCUT2D eigenvalue weighted by atomic mass is 16.5. The molecule has 108 valence electrons. The summed E-state index contributed by atoms with van der Waals surface area (Å²) in [4.78, 5) is 18.5. The summed E-state index contributed by atoms with van der Waals surface area (Å²) in [5.74, 6) is 1.99. The molecule has 1 aromatic rings. The highest BCUT2D eigenvalue weighted by Gasteiger charge is 2.43. The monoisotopic (exact) mass is 275 g/mol. The molecule has 3 unspecified atom stereocenters. The molecule has 0 aromatic carbocycles. The van der Waals surface area contributed by atoms with E-state index in [9.17, 15) is 4.79 Å². The highest BCUT2D eigenvalue weighted by molar-refractivity contribution is 5.90. The third-order valence-corrected chi connectivity index (χ3v) is 4.60. The summed E-state index contributed by atoms with van der Waals surface area (Å²) in [6.45, 7) is 5.43. The summed E-state index contributed by atoms with van der Waals surface area (Å²) in [6, 6.07) is 4.06. The number of hydrogen-bond acceptors (Lipinski definition) is 5. The van der Waals surface area contributed by atoms with Gasteiger partial charge in [0.05, 0.1) is 12.7 Å². The Morgan fingerprint density at radius 3 is 3.15 bits per heavy atom. The zero-order valence-corrected chi connectivity index (χ0v) is 12.0. The van der Waals surface area contributed by atoms with Crippen molar-refractivity contribution in [2.24, 2.45) is 11.8 Å². The number of nitrogens with one attached hydrogen (secondary N) is 1. The Morgan fingerprint density at radius 2 is 2.40 bits per heavy atom. The SMILES string of the molecule is CCC1C2CNCC2CN1c1cc(C(=O)OC)ccn1. The van der Waals surface area contributed by atoms with E-state index >= 15 is 0 Å². The van der Waals surface area contributed by atoms with Gasteiger partial charge in [-0.2, -0.15) is 0 Å². The van der Waals surface area contributed by atoms with Gasteiger partial charge in [-0.05, 0) is 30.4 Å². The number of anilines is 1. The number of pyridine rings is 1. The van der Waals surface area contributed by atoms with Gasteiger partial charge in [-0.1, -0.05) is 6.92 Å². The maximum Gasteiger partial charge on any atom is 0.338 e. The predicted octanol–water partition coefficient (Wildman–Crippen LogP) is 1.30. The zero-order chi connectivity index (χ0) is 14.1. The molecule has 0 spiro atoms. The first kappa shape index (κ1) is 13.4. The van der Waals surface area contributed by atoms with Gasteiger partial charge in [-0.3, -0.25) is 0 Å². The van der Waals surface area contributed by atoms with Gasteiger partial charge >= 0.3 is 5.97 Å². The lowest BCUT2D eigenvalue weighted by atomic mass is 9.93. The first-order valence-corrected chi connectivity index (χ1v) is 7.26. The van der Waals surface area contributed by atoms with E-state index in [4.69, 9.17) is 4.74 Å². The lowest BCUT2D eigenvalue weighted by Gasteiger charge is -2.28. The van der Waals surface area contributed by atoms with Gasteiger partial charge in [0.25, 0.3) is 0 Å². The molecule has 3 rings (SSSR count). The second-order valence-electron chi connectivity index (χ2n) is 5.60. The van der Waals surface area contributed by atoms with Crippen molar-refractivity contribution >= 4 is 11.8 Å². The smallest absolute Gasteiger partial charge is 0.338 e. The number of hydrogen-bond donors (Lipinski definition) is 1. The molecular weight excluding hydrogens is 254 g/mol. The van der Waals surface area contributed by atoms with Crippen LogP contribution in [0.1, 0.15) is 23.7 Å². The summed E-state index contributed by atoms with van der Waals surface area (Å²) >= 11 is 0. The van der Waals surface area contributed by atoms with Gasteiger partial charge in [0.2, 0.25) is 0 Å². The molecule has 1 N–H and O–H groups in total. The van der Waals surface area contributed by atoms with Crippen LogP contribution in [0.2, 0.25) is 0 Å². The van der Waals surface area contributed by atoms with Crippen LogP contribution in [0.3, 0.4) is 0 Å². The summed E-state index contributed by atoms with van der Waals surface area (Å²) in [6.07, 6.45) is 2.80. The van der Waals surface area contributed by atoms with Crippen molar-refractivity contribution in [3.8, 4) is 0 Å². The molecule has 0 saturated carbocycles. The molecule has 3 atom stereocenters. The maximum atomic E-state index is 11.6. The normalized spacial score (nSPS) is 28.5.